The molecule has 0 bridgehead atoms. The van der Waals surface area contributed by atoms with Crippen LogP contribution >= 0.6 is 0 Å². The normalized spacial score (nSPS) is 14.0. The zero-order valence-corrected chi connectivity index (χ0v) is 14.2. The van der Waals surface area contributed by atoms with Crippen LogP contribution in [0.3, 0.4) is 0 Å². The number of anilines is 2. The highest BCUT2D eigenvalue weighted by Gasteiger charge is 2.26. The molecule has 0 atom stereocenters. The molecule has 0 saturated carbocycles. The molecule has 1 aliphatic rings. The van der Waals surface area contributed by atoms with Gasteiger partial charge < -0.3 is 4.90 Å². The first kappa shape index (κ1) is 16.4. The standard InChI is InChI=1S/C17H17FN2O3S/c1-3-20-15-7-6-14(8-12(15)9-17(20)21)19-24(22,23)16-10-13(18)5-4-11(16)2/h4-8,10,19H,3,9H2,1-2H3. The monoisotopic (exact) mass is 348 g/mol. The number of sulfonamides is 1. The van der Waals surface area contributed by atoms with E-state index in [0.717, 1.165) is 17.3 Å². The van der Waals surface area contributed by atoms with Gasteiger partial charge in [0.1, 0.15) is 5.82 Å². The van der Waals surface area contributed by atoms with Gasteiger partial charge in [-0.2, -0.15) is 0 Å². The van der Waals surface area contributed by atoms with E-state index in [2.05, 4.69) is 4.72 Å². The highest BCUT2D eigenvalue weighted by atomic mass is 32.2. The zero-order chi connectivity index (χ0) is 17.5. The molecule has 0 fully saturated rings. The first-order valence-corrected chi connectivity index (χ1v) is 9.02. The summed E-state index contributed by atoms with van der Waals surface area (Å²) >= 11 is 0. The summed E-state index contributed by atoms with van der Waals surface area (Å²) in [6.07, 6.45) is 0.248. The number of aryl methyl sites for hydroxylation is 1. The number of carbonyl (C=O) groups excluding carboxylic acids is 1. The van der Waals surface area contributed by atoms with Gasteiger partial charge in [-0.05, 0) is 55.3 Å². The first-order valence-electron chi connectivity index (χ1n) is 7.54. The number of nitrogens with one attached hydrogen (secondary N) is 1. The van der Waals surface area contributed by atoms with Gasteiger partial charge in [0, 0.05) is 17.9 Å². The fraction of sp³-hybridized carbons (Fsp3) is 0.235. The Labute approximate surface area is 140 Å². The van der Waals surface area contributed by atoms with Gasteiger partial charge in [-0.25, -0.2) is 12.8 Å². The lowest BCUT2D eigenvalue weighted by Crippen LogP contribution is -2.25. The van der Waals surface area contributed by atoms with Crippen molar-refractivity contribution in [2.45, 2.75) is 25.2 Å². The molecule has 2 aromatic carbocycles. The molecule has 1 heterocycles. The van der Waals surface area contributed by atoms with Crippen LogP contribution in [-0.2, 0) is 21.2 Å². The van der Waals surface area contributed by atoms with Crippen molar-refractivity contribution < 1.29 is 17.6 Å². The van der Waals surface area contributed by atoms with Gasteiger partial charge in [0.15, 0.2) is 0 Å². The van der Waals surface area contributed by atoms with Crippen molar-refractivity contribution in [1.82, 2.24) is 0 Å². The quantitative estimate of drug-likeness (QED) is 0.924. The molecular formula is C17H17FN2O3S. The van der Waals surface area contributed by atoms with E-state index in [-0.39, 0.29) is 17.2 Å². The van der Waals surface area contributed by atoms with Gasteiger partial charge in [0.2, 0.25) is 5.91 Å². The fourth-order valence-corrected chi connectivity index (χ4v) is 4.17. The maximum atomic E-state index is 13.4. The lowest BCUT2D eigenvalue weighted by molar-refractivity contribution is -0.117. The van der Waals surface area contributed by atoms with E-state index in [9.17, 15) is 17.6 Å². The van der Waals surface area contributed by atoms with Crippen molar-refractivity contribution in [2.24, 2.45) is 0 Å². The molecule has 0 aliphatic carbocycles. The Kier molecular flexibility index (Phi) is 4.04. The third-order valence-electron chi connectivity index (χ3n) is 4.02. The average molecular weight is 348 g/mol. The van der Waals surface area contributed by atoms with Crippen LogP contribution in [0.1, 0.15) is 18.1 Å². The summed E-state index contributed by atoms with van der Waals surface area (Å²) in [6, 6.07) is 8.60. The Hall–Kier alpha value is -2.41. The highest BCUT2D eigenvalue weighted by molar-refractivity contribution is 7.92. The lowest BCUT2D eigenvalue weighted by atomic mass is 10.1. The number of likely N-dealkylation sites (N-methyl/N-ethyl adjacent to an activating group) is 1. The molecule has 0 aromatic heterocycles. The Balaban J connectivity index is 1.93. The summed E-state index contributed by atoms with van der Waals surface area (Å²) < 4.78 is 40.9. The van der Waals surface area contributed by atoms with Crippen LogP contribution in [0.4, 0.5) is 15.8 Å². The van der Waals surface area contributed by atoms with Crippen molar-refractivity contribution in [2.75, 3.05) is 16.2 Å². The fourth-order valence-electron chi connectivity index (χ4n) is 2.87. The highest BCUT2D eigenvalue weighted by Crippen LogP contribution is 2.32. The number of halogens is 1. The minimum atomic E-state index is -3.91. The van der Waals surface area contributed by atoms with E-state index in [1.165, 1.54) is 12.1 Å². The number of carbonyl (C=O) groups is 1. The SMILES string of the molecule is CCN1C(=O)Cc2cc(NS(=O)(=O)c3cc(F)ccc3C)ccc21. The third-order valence-corrected chi connectivity index (χ3v) is 5.54. The number of hydrogen-bond donors (Lipinski definition) is 1. The van der Waals surface area contributed by atoms with Crippen molar-refractivity contribution in [1.29, 1.82) is 0 Å². The van der Waals surface area contributed by atoms with E-state index >= 15 is 0 Å². The van der Waals surface area contributed by atoms with Crippen LogP contribution in [-0.4, -0.2) is 20.9 Å². The summed E-state index contributed by atoms with van der Waals surface area (Å²) in [5.41, 5.74) is 2.38. The smallest absolute Gasteiger partial charge is 0.262 e. The van der Waals surface area contributed by atoms with Crippen molar-refractivity contribution >= 4 is 27.3 Å². The minimum Gasteiger partial charge on any atom is -0.312 e. The van der Waals surface area contributed by atoms with Crippen LogP contribution in [0, 0.1) is 12.7 Å². The molecule has 24 heavy (non-hydrogen) atoms. The predicted molar refractivity (Wildman–Crippen MR) is 90.1 cm³/mol. The molecule has 7 heteroatoms. The Morgan fingerprint density at radius 1 is 1.21 bits per heavy atom. The molecule has 0 saturated heterocycles. The molecule has 1 amide bonds. The minimum absolute atomic E-state index is 0.00604. The second-order valence-corrected chi connectivity index (χ2v) is 7.32. The van der Waals surface area contributed by atoms with Crippen LogP contribution < -0.4 is 9.62 Å². The Bertz CT molecular complexity index is 925. The van der Waals surface area contributed by atoms with Crippen LogP contribution in [0.25, 0.3) is 0 Å². The van der Waals surface area contributed by atoms with Gasteiger partial charge in [-0.3, -0.25) is 9.52 Å². The average Bonchev–Trinajstić information content (AvgIpc) is 2.83. The molecule has 0 radical (unpaired) electrons. The number of nitrogens with zero attached hydrogens (tertiary/aromatic N) is 1. The summed E-state index contributed by atoms with van der Waals surface area (Å²) in [5, 5.41) is 0. The van der Waals surface area contributed by atoms with Gasteiger partial charge in [-0.1, -0.05) is 6.07 Å². The number of hydrogen-bond acceptors (Lipinski definition) is 3. The van der Waals surface area contributed by atoms with E-state index in [1.807, 2.05) is 6.92 Å². The summed E-state index contributed by atoms with van der Waals surface area (Å²) in [5.74, 6) is -0.618. The van der Waals surface area contributed by atoms with Crippen LogP contribution in [0.2, 0.25) is 0 Å². The maximum Gasteiger partial charge on any atom is 0.262 e. The summed E-state index contributed by atoms with van der Waals surface area (Å²) in [4.78, 5) is 13.5. The molecule has 3 rings (SSSR count). The van der Waals surface area contributed by atoms with E-state index in [1.54, 1.807) is 30.0 Å². The molecular weight excluding hydrogens is 331 g/mol. The molecule has 5 nitrogen and oxygen atoms in total. The summed E-state index contributed by atoms with van der Waals surface area (Å²) in [6.45, 7) is 4.06. The van der Waals surface area contributed by atoms with Crippen LogP contribution in [0.15, 0.2) is 41.3 Å². The van der Waals surface area contributed by atoms with Gasteiger partial charge >= 0.3 is 0 Å². The topological polar surface area (TPSA) is 66.5 Å². The number of fused-ring (bicyclic) bond motifs is 1. The van der Waals surface area contributed by atoms with E-state index in [0.29, 0.717) is 17.8 Å². The molecule has 0 spiro atoms. The Morgan fingerprint density at radius 2 is 1.96 bits per heavy atom. The largest absolute Gasteiger partial charge is 0.312 e. The molecule has 1 N–H and O–H groups in total. The van der Waals surface area contributed by atoms with E-state index in [4.69, 9.17) is 0 Å². The summed E-state index contributed by atoms with van der Waals surface area (Å²) in [7, 11) is -3.91. The predicted octanol–water partition coefficient (Wildman–Crippen LogP) is 2.84. The molecule has 1 aliphatic heterocycles. The van der Waals surface area contributed by atoms with Gasteiger partial charge in [0.25, 0.3) is 10.0 Å². The van der Waals surface area contributed by atoms with Crippen molar-refractivity contribution in [3.05, 3.63) is 53.3 Å². The van der Waals surface area contributed by atoms with Crippen molar-refractivity contribution in [3.8, 4) is 0 Å². The second-order valence-electron chi connectivity index (χ2n) is 5.67. The van der Waals surface area contributed by atoms with Crippen molar-refractivity contribution in [3.63, 3.8) is 0 Å². The first-order chi connectivity index (χ1) is 11.3. The molecule has 126 valence electrons. The van der Waals surface area contributed by atoms with E-state index < -0.39 is 15.8 Å². The third kappa shape index (κ3) is 2.87. The second kappa shape index (κ2) is 5.90. The van der Waals surface area contributed by atoms with Gasteiger partial charge in [0.05, 0.1) is 11.3 Å². The maximum absolute atomic E-state index is 13.4. The number of amides is 1. The van der Waals surface area contributed by atoms with Gasteiger partial charge in [-0.15, -0.1) is 0 Å². The number of benzene rings is 2. The molecule has 0 unspecified atom stereocenters. The number of rotatable bonds is 4. The Morgan fingerprint density at radius 3 is 2.67 bits per heavy atom. The lowest BCUT2D eigenvalue weighted by Gasteiger charge is -2.15. The zero-order valence-electron chi connectivity index (χ0n) is 13.3. The molecule has 2 aromatic rings. The van der Waals surface area contributed by atoms with Crippen LogP contribution in [0.5, 0.6) is 0 Å².